The Hall–Kier alpha value is -0.690. The van der Waals surface area contributed by atoms with Gasteiger partial charge in [-0.15, -0.1) is 0 Å². The fourth-order valence-electron chi connectivity index (χ4n) is 2.69. The summed E-state index contributed by atoms with van der Waals surface area (Å²) in [5, 5.41) is 0. The van der Waals surface area contributed by atoms with E-state index in [1.165, 1.54) is 0 Å². The Bertz CT molecular complexity index is 301. The largest absolute Gasteiger partial charge is 0.466 e. The zero-order valence-electron chi connectivity index (χ0n) is 13.3. The van der Waals surface area contributed by atoms with Gasteiger partial charge in [0.2, 0.25) is 0 Å². The average molecular weight is 299 g/mol. The van der Waals surface area contributed by atoms with Gasteiger partial charge in [-0.25, -0.2) is 0 Å². The third-order valence-electron chi connectivity index (χ3n) is 4.21. The van der Waals surface area contributed by atoms with E-state index in [2.05, 4.69) is 21.7 Å². The van der Waals surface area contributed by atoms with Crippen molar-refractivity contribution in [2.24, 2.45) is 0 Å². The van der Waals surface area contributed by atoms with E-state index in [9.17, 15) is 4.79 Å². The van der Waals surface area contributed by atoms with E-state index in [0.29, 0.717) is 13.0 Å². The first kappa shape index (κ1) is 16.7. The molecule has 6 heteroatoms. The zero-order chi connectivity index (χ0) is 14.9. The molecule has 0 aromatic rings. The van der Waals surface area contributed by atoms with Crippen molar-refractivity contribution in [3.05, 3.63) is 0 Å². The molecular formula is C15H29N3O3. The molecule has 0 radical (unpaired) electrons. The van der Waals surface area contributed by atoms with Crippen molar-refractivity contribution in [2.75, 3.05) is 79.2 Å². The van der Waals surface area contributed by atoms with Gasteiger partial charge in [0.05, 0.1) is 26.2 Å². The summed E-state index contributed by atoms with van der Waals surface area (Å²) < 4.78 is 10.6. The molecule has 0 unspecified atom stereocenters. The Morgan fingerprint density at radius 3 is 2.38 bits per heavy atom. The van der Waals surface area contributed by atoms with E-state index >= 15 is 0 Å². The number of morpholine rings is 1. The number of piperazine rings is 1. The maximum absolute atomic E-state index is 11.7. The van der Waals surface area contributed by atoms with Gasteiger partial charge in [-0.2, -0.15) is 0 Å². The third kappa shape index (κ3) is 6.74. The summed E-state index contributed by atoms with van der Waals surface area (Å²) >= 11 is 0. The van der Waals surface area contributed by atoms with Gasteiger partial charge in [0.1, 0.15) is 0 Å². The summed E-state index contributed by atoms with van der Waals surface area (Å²) in [5.74, 6) is -0.0593. The molecule has 0 saturated carbocycles. The second-order valence-electron chi connectivity index (χ2n) is 5.92. The quantitative estimate of drug-likeness (QED) is 0.483. The van der Waals surface area contributed by atoms with Crippen LogP contribution < -0.4 is 0 Å². The van der Waals surface area contributed by atoms with Crippen molar-refractivity contribution in [2.45, 2.75) is 12.8 Å². The third-order valence-corrected chi connectivity index (χ3v) is 4.21. The Balaban J connectivity index is 1.45. The van der Waals surface area contributed by atoms with Crippen LogP contribution in [-0.2, 0) is 14.3 Å². The molecule has 6 nitrogen and oxygen atoms in total. The number of ether oxygens (including phenoxy) is 2. The van der Waals surface area contributed by atoms with Crippen molar-refractivity contribution in [3.63, 3.8) is 0 Å². The van der Waals surface area contributed by atoms with E-state index < -0.39 is 0 Å². The van der Waals surface area contributed by atoms with Crippen LogP contribution in [0.1, 0.15) is 12.8 Å². The number of carbonyl (C=O) groups excluding carboxylic acids is 1. The van der Waals surface area contributed by atoms with E-state index in [-0.39, 0.29) is 5.97 Å². The number of esters is 1. The van der Waals surface area contributed by atoms with Crippen molar-refractivity contribution in [1.82, 2.24) is 14.7 Å². The molecule has 2 aliphatic heterocycles. The summed E-state index contributed by atoms with van der Waals surface area (Å²) in [6, 6.07) is 0. The van der Waals surface area contributed by atoms with Crippen molar-refractivity contribution >= 4 is 5.97 Å². The molecule has 122 valence electrons. The van der Waals surface area contributed by atoms with E-state index in [1.807, 2.05) is 0 Å². The predicted octanol–water partition coefficient (Wildman–Crippen LogP) is -0.111. The summed E-state index contributed by atoms with van der Waals surface area (Å²) in [6.45, 7) is 10.3. The Morgan fingerprint density at radius 2 is 1.67 bits per heavy atom. The highest BCUT2D eigenvalue weighted by Crippen LogP contribution is 2.02. The van der Waals surface area contributed by atoms with E-state index in [1.54, 1.807) is 0 Å². The number of hydrogen-bond donors (Lipinski definition) is 0. The molecule has 0 spiro atoms. The molecule has 2 saturated heterocycles. The Labute approximate surface area is 128 Å². The van der Waals surface area contributed by atoms with Gasteiger partial charge >= 0.3 is 5.97 Å². The lowest BCUT2D eigenvalue weighted by Crippen LogP contribution is -2.45. The Kier molecular flexibility index (Phi) is 7.43. The first-order chi connectivity index (χ1) is 10.2. The molecular weight excluding hydrogens is 270 g/mol. The van der Waals surface area contributed by atoms with Crippen LogP contribution in [0.25, 0.3) is 0 Å². The molecule has 0 N–H and O–H groups in total. The molecule has 2 aliphatic rings. The van der Waals surface area contributed by atoms with Gasteiger partial charge in [-0.3, -0.25) is 9.69 Å². The molecule has 2 rings (SSSR count). The number of hydrogen-bond acceptors (Lipinski definition) is 6. The van der Waals surface area contributed by atoms with Crippen LogP contribution in [-0.4, -0.2) is 99.9 Å². The molecule has 0 aromatic heterocycles. The molecule has 21 heavy (non-hydrogen) atoms. The summed E-state index contributed by atoms with van der Waals surface area (Å²) in [4.78, 5) is 18.7. The van der Waals surface area contributed by atoms with Crippen LogP contribution in [0, 0.1) is 0 Å². The first-order valence-corrected chi connectivity index (χ1v) is 8.10. The Morgan fingerprint density at radius 1 is 1.00 bits per heavy atom. The molecule has 0 aliphatic carbocycles. The van der Waals surface area contributed by atoms with Crippen LogP contribution in [0.5, 0.6) is 0 Å². The van der Waals surface area contributed by atoms with Gasteiger partial charge in [-0.05, 0) is 13.5 Å². The summed E-state index contributed by atoms with van der Waals surface area (Å²) in [7, 11) is 2.14. The lowest BCUT2D eigenvalue weighted by atomic mass is 10.3. The van der Waals surface area contributed by atoms with Gasteiger partial charge in [-0.1, -0.05) is 0 Å². The van der Waals surface area contributed by atoms with Gasteiger partial charge < -0.3 is 19.3 Å². The highest BCUT2D eigenvalue weighted by Gasteiger charge is 2.15. The van der Waals surface area contributed by atoms with Crippen LogP contribution in [0.4, 0.5) is 0 Å². The summed E-state index contributed by atoms with van der Waals surface area (Å²) in [6.07, 6.45) is 1.43. The smallest absolute Gasteiger partial charge is 0.307 e. The van der Waals surface area contributed by atoms with Crippen LogP contribution in [0.15, 0.2) is 0 Å². The second-order valence-corrected chi connectivity index (χ2v) is 5.92. The number of rotatable bonds is 7. The van der Waals surface area contributed by atoms with Crippen LogP contribution >= 0.6 is 0 Å². The van der Waals surface area contributed by atoms with Gasteiger partial charge in [0.25, 0.3) is 0 Å². The molecule has 2 heterocycles. The van der Waals surface area contributed by atoms with Crippen LogP contribution in [0.3, 0.4) is 0 Å². The summed E-state index contributed by atoms with van der Waals surface area (Å²) in [5.41, 5.74) is 0. The normalized spacial score (nSPS) is 22.3. The SMILES string of the molecule is CN1CCN(CCC(=O)OCCCN2CCOCC2)CC1. The van der Waals surface area contributed by atoms with Crippen molar-refractivity contribution in [1.29, 1.82) is 0 Å². The van der Waals surface area contributed by atoms with Crippen molar-refractivity contribution < 1.29 is 14.3 Å². The fourth-order valence-corrected chi connectivity index (χ4v) is 2.69. The van der Waals surface area contributed by atoms with E-state index in [4.69, 9.17) is 9.47 Å². The van der Waals surface area contributed by atoms with Gasteiger partial charge in [0, 0.05) is 52.4 Å². The van der Waals surface area contributed by atoms with Crippen molar-refractivity contribution in [3.8, 4) is 0 Å². The average Bonchev–Trinajstić information content (AvgIpc) is 2.52. The number of nitrogens with zero attached hydrogens (tertiary/aromatic N) is 3. The minimum Gasteiger partial charge on any atom is -0.466 e. The zero-order valence-corrected chi connectivity index (χ0v) is 13.3. The molecule has 0 amide bonds. The molecule has 0 aromatic carbocycles. The standard InChI is InChI=1S/C15H29N3O3/c1-16-6-8-18(9-7-16)5-3-15(19)21-12-2-4-17-10-13-20-14-11-17/h2-14H2,1H3. The first-order valence-electron chi connectivity index (χ1n) is 8.10. The molecule has 2 fully saturated rings. The topological polar surface area (TPSA) is 45.2 Å². The second kappa shape index (κ2) is 9.35. The molecule has 0 bridgehead atoms. The maximum Gasteiger partial charge on any atom is 0.307 e. The predicted molar refractivity (Wildman–Crippen MR) is 81.4 cm³/mol. The van der Waals surface area contributed by atoms with Gasteiger partial charge in [0.15, 0.2) is 0 Å². The van der Waals surface area contributed by atoms with Crippen LogP contribution in [0.2, 0.25) is 0 Å². The monoisotopic (exact) mass is 299 g/mol. The minimum absolute atomic E-state index is 0.0593. The lowest BCUT2D eigenvalue weighted by Gasteiger charge is -2.32. The maximum atomic E-state index is 11.7. The lowest BCUT2D eigenvalue weighted by molar-refractivity contribution is -0.144. The highest BCUT2D eigenvalue weighted by molar-refractivity contribution is 5.69. The highest BCUT2D eigenvalue weighted by atomic mass is 16.5. The van der Waals surface area contributed by atoms with E-state index in [0.717, 1.165) is 72.0 Å². The number of likely N-dealkylation sites (N-methyl/N-ethyl adjacent to an activating group) is 1. The molecule has 0 atom stereocenters. The number of carbonyl (C=O) groups is 1. The fraction of sp³-hybridized carbons (Fsp3) is 0.933. The minimum atomic E-state index is -0.0593.